The first-order chi connectivity index (χ1) is 29.7. The normalized spacial score (nSPS) is 19.3. The number of benzene rings is 4. The fraction of sp³-hybridized carbons (Fsp3) is 0.417. The third-order valence-corrected chi connectivity index (χ3v) is 11.8. The van der Waals surface area contributed by atoms with Gasteiger partial charge in [-0.2, -0.15) is 0 Å². The standard InChI is InChI=1S/C24H29FN2O4.C24H27FN2O3.ClH/c1-30-21-10-9-19(15-22(21)31-14-13-26-11-3-2-4-12-26)27-23(28)16-20(24(27)29)17-5-7-18(25)8-6-17;1-29-22-10-9-20(17-23(22)30-16-15-26-12-3-2-4-13-26)27-14-11-21(24(27)28)18-5-7-19(25)8-6-18;/h5-10,15,20,23,28H,2-4,11-14,16H2,1H3;5-11,17H,2-4,12-16H2,1H3;1H. The molecule has 0 radical (unpaired) electrons. The zero-order valence-corrected chi connectivity index (χ0v) is 36.3. The number of anilines is 2. The molecular formula is C48H57ClF2N4O7. The SMILES string of the molecule is COc1ccc(N2C(=O)C(c3ccc(F)cc3)CC2O)cc1OCCN1CCCCC1.COc1ccc(N2CC=C(c3ccc(F)cc3)C2=O)cc1OCCN1CCCCC1.Cl. The third-order valence-electron chi connectivity index (χ3n) is 11.8. The molecule has 4 aliphatic rings. The van der Waals surface area contributed by atoms with Gasteiger partial charge in [0.1, 0.15) is 31.1 Å². The zero-order valence-electron chi connectivity index (χ0n) is 35.5. The van der Waals surface area contributed by atoms with Crippen LogP contribution in [0.15, 0.2) is 91.0 Å². The van der Waals surface area contributed by atoms with E-state index in [1.807, 2.05) is 24.3 Å². The van der Waals surface area contributed by atoms with Crippen LogP contribution in [0, 0.1) is 11.6 Å². The molecule has 0 bridgehead atoms. The Morgan fingerprint density at radius 1 is 0.645 bits per heavy atom. The van der Waals surface area contributed by atoms with Crippen LogP contribution in [0.2, 0.25) is 0 Å². The fourth-order valence-corrected chi connectivity index (χ4v) is 8.41. The van der Waals surface area contributed by atoms with Crippen LogP contribution in [0.1, 0.15) is 62.0 Å². The summed E-state index contributed by atoms with van der Waals surface area (Å²) in [6, 6.07) is 22.6. The first-order valence-corrected chi connectivity index (χ1v) is 21.3. The number of hydrogen-bond donors (Lipinski definition) is 1. The summed E-state index contributed by atoms with van der Waals surface area (Å²) in [6.07, 6.45) is 8.71. The number of carbonyl (C=O) groups is 2. The number of hydrogen-bond acceptors (Lipinski definition) is 9. The summed E-state index contributed by atoms with van der Waals surface area (Å²) in [5.41, 5.74) is 3.30. The van der Waals surface area contributed by atoms with Crippen LogP contribution in [-0.4, -0.2) is 106 Å². The molecule has 0 aliphatic carbocycles. The largest absolute Gasteiger partial charge is 0.493 e. The summed E-state index contributed by atoms with van der Waals surface area (Å²) < 4.78 is 49.3. The van der Waals surface area contributed by atoms with Gasteiger partial charge in [0, 0.05) is 49.4 Å². The molecule has 3 fully saturated rings. The van der Waals surface area contributed by atoms with Crippen molar-refractivity contribution in [2.75, 3.05) is 83.0 Å². The summed E-state index contributed by atoms with van der Waals surface area (Å²) in [6.45, 7) is 7.73. The lowest BCUT2D eigenvalue weighted by atomic mass is 9.97. The smallest absolute Gasteiger partial charge is 0.258 e. The Hall–Kier alpha value is -5.21. The highest BCUT2D eigenvalue weighted by molar-refractivity contribution is 6.28. The van der Waals surface area contributed by atoms with Crippen molar-refractivity contribution in [2.24, 2.45) is 0 Å². The van der Waals surface area contributed by atoms with E-state index in [1.54, 1.807) is 61.6 Å². The van der Waals surface area contributed by atoms with E-state index in [0.29, 0.717) is 59.6 Å². The van der Waals surface area contributed by atoms with E-state index < -0.39 is 12.1 Å². The lowest BCUT2D eigenvalue weighted by molar-refractivity contribution is -0.118. The van der Waals surface area contributed by atoms with Crippen LogP contribution in [0.5, 0.6) is 23.0 Å². The lowest BCUT2D eigenvalue weighted by Crippen LogP contribution is -2.34. The molecule has 2 atom stereocenters. The fourth-order valence-electron chi connectivity index (χ4n) is 8.41. The number of piperidine rings is 2. The molecule has 0 aromatic heterocycles. The van der Waals surface area contributed by atoms with Crippen molar-refractivity contribution in [2.45, 2.75) is 57.1 Å². The van der Waals surface area contributed by atoms with E-state index in [2.05, 4.69) is 9.80 Å². The highest BCUT2D eigenvalue weighted by Crippen LogP contribution is 2.39. The minimum Gasteiger partial charge on any atom is -0.493 e. The van der Waals surface area contributed by atoms with Gasteiger partial charge in [-0.1, -0.05) is 43.2 Å². The van der Waals surface area contributed by atoms with E-state index in [0.717, 1.165) is 50.5 Å². The molecule has 8 rings (SSSR count). The average molecular weight is 875 g/mol. The van der Waals surface area contributed by atoms with Gasteiger partial charge in [-0.25, -0.2) is 8.78 Å². The van der Waals surface area contributed by atoms with Crippen LogP contribution >= 0.6 is 12.4 Å². The predicted octanol–water partition coefficient (Wildman–Crippen LogP) is 8.09. The minimum atomic E-state index is -0.961. The van der Waals surface area contributed by atoms with E-state index in [-0.39, 0.29) is 42.3 Å². The molecule has 3 saturated heterocycles. The quantitative estimate of drug-likeness (QED) is 0.135. The molecule has 2 unspecified atom stereocenters. The first-order valence-electron chi connectivity index (χ1n) is 21.3. The number of likely N-dealkylation sites (tertiary alicyclic amines) is 2. The first kappa shape index (κ1) is 46.3. The molecule has 14 heteroatoms. The topological polar surface area (TPSA) is 104 Å². The monoisotopic (exact) mass is 874 g/mol. The van der Waals surface area contributed by atoms with Crippen LogP contribution in [-0.2, 0) is 9.59 Å². The summed E-state index contributed by atoms with van der Waals surface area (Å²) in [5.74, 6) is 0.902. The minimum absolute atomic E-state index is 0. The summed E-state index contributed by atoms with van der Waals surface area (Å²) in [5, 5.41) is 10.6. The van der Waals surface area contributed by atoms with E-state index >= 15 is 0 Å². The molecule has 11 nitrogen and oxygen atoms in total. The Morgan fingerprint density at radius 2 is 1.15 bits per heavy atom. The summed E-state index contributed by atoms with van der Waals surface area (Å²) >= 11 is 0. The van der Waals surface area contributed by atoms with Crippen LogP contribution in [0.4, 0.5) is 20.2 Å². The number of aliphatic hydroxyl groups is 1. The molecular weight excluding hydrogens is 818 g/mol. The number of methoxy groups -OCH3 is 2. The highest BCUT2D eigenvalue weighted by Gasteiger charge is 2.40. The molecule has 4 aromatic carbocycles. The Balaban J connectivity index is 0.000000204. The van der Waals surface area contributed by atoms with Gasteiger partial charge in [0.25, 0.3) is 5.91 Å². The number of rotatable bonds is 14. The number of amides is 2. The molecule has 1 N–H and O–H groups in total. The van der Waals surface area contributed by atoms with Gasteiger partial charge in [-0.15, -0.1) is 12.4 Å². The van der Waals surface area contributed by atoms with Crippen molar-refractivity contribution in [1.82, 2.24) is 9.80 Å². The molecule has 4 aromatic rings. The van der Waals surface area contributed by atoms with Crippen molar-refractivity contribution >= 4 is 41.2 Å². The van der Waals surface area contributed by atoms with E-state index in [1.165, 1.54) is 67.7 Å². The molecule has 62 heavy (non-hydrogen) atoms. The van der Waals surface area contributed by atoms with Crippen molar-refractivity contribution in [3.05, 3.63) is 114 Å². The van der Waals surface area contributed by atoms with Gasteiger partial charge >= 0.3 is 0 Å². The maximum atomic E-state index is 13.3. The highest BCUT2D eigenvalue weighted by atomic mass is 35.5. The van der Waals surface area contributed by atoms with Crippen molar-refractivity contribution < 1.29 is 42.4 Å². The average Bonchev–Trinajstić information content (AvgIpc) is 3.82. The number of nitrogens with zero attached hydrogens (tertiary/aromatic N) is 4. The zero-order chi connectivity index (χ0) is 42.7. The molecule has 0 spiro atoms. The molecule has 4 aliphatic heterocycles. The Morgan fingerprint density at radius 3 is 1.68 bits per heavy atom. The predicted molar refractivity (Wildman–Crippen MR) is 239 cm³/mol. The summed E-state index contributed by atoms with van der Waals surface area (Å²) in [4.78, 5) is 33.9. The second kappa shape index (κ2) is 22.2. The van der Waals surface area contributed by atoms with Crippen LogP contribution in [0.3, 0.4) is 0 Å². The number of halogens is 3. The number of aliphatic hydroxyl groups excluding tert-OH is 1. The Kier molecular flexibility index (Phi) is 16.6. The molecule has 2 amide bonds. The van der Waals surface area contributed by atoms with E-state index in [9.17, 15) is 23.5 Å². The van der Waals surface area contributed by atoms with Gasteiger partial charge in [-0.05, 0) is 112 Å². The number of ether oxygens (including phenoxy) is 4. The molecule has 4 heterocycles. The maximum Gasteiger partial charge on any atom is 0.258 e. The van der Waals surface area contributed by atoms with Crippen LogP contribution < -0.4 is 28.7 Å². The third kappa shape index (κ3) is 11.4. The van der Waals surface area contributed by atoms with Crippen molar-refractivity contribution in [1.29, 1.82) is 0 Å². The van der Waals surface area contributed by atoms with Gasteiger partial charge in [0.15, 0.2) is 23.0 Å². The Labute approximate surface area is 369 Å². The van der Waals surface area contributed by atoms with Crippen LogP contribution in [0.25, 0.3) is 5.57 Å². The Bertz CT molecular complexity index is 2130. The van der Waals surface area contributed by atoms with Crippen molar-refractivity contribution in [3.8, 4) is 23.0 Å². The molecule has 332 valence electrons. The number of carbonyl (C=O) groups excluding carboxylic acids is 2. The van der Waals surface area contributed by atoms with Gasteiger partial charge in [0.05, 0.1) is 25.8 Å². The second-order valence-electron chi connectivity index (χ2n) is 15.7. The molecule has 0 saturated carbocycles. The second-order valence-corrected chi connectivity index (χ2v) is 15.7. The lowest BCUT2D eigenvalue weighted by Gasteiger charge is -2.26. The van der Waals surface area contributed by atoms with Crippen molar-refractivity contribution in [3.63, 3.8) is 0 Å². The van der Waals surface area contributed by atoms with Gasteiger partial charge in [0.2, 0.25) is 5.91 Å². The van der Waals surface area contributed by atoms with Gasteiger partial charge < -0.3 is 29.0 Å². The van der Waals surface area contributed by atoms with Gasteiger partial charge in [-0.3, -0.25) is 24.3 Å². The maximum absolute atomic E-state index is 13.3. The van der Waals surface area contributed by atoms with E-state index in [4.69, 9.17) is 18.9 Å². The summed E-state index contributed by atoms with van der Waals surface area (Å²) in [7, 11) is 3.19.